The highest BCUT2D eigenvalue weighted by atomic mass is 32.2. The van der Waals surface area contributed by atoms with E-state index in [0.717, 1.165) is 6.20 Å². The van der Waals surface area contributed by atoms with Crippen LogP contribution in [0.4, 0.5) is 0 Å². The number of carbonyl (C=O) groups is 2. The van der Waals surface area contributed by atoms with Crippen LogP contribution in [0.3, 0.4) is 0 Å². The molecule has 0 spiro atoms. The van der Waals surface area contributed by atoms with E-state index in [1.165, 1.54) is 6.92 Å². The lowest BCUT2D eigenvalue weighted by atomic mass is 10.5. The Labute approximate surface area is 103 Å². The third kappa shape index (κ3) is 3.05. The molecule has 1 aromatic rings. The Morgan fingerprint density at radius 2 is 2.11 bits per heavy atom. The minimum Gasteiger partial charge on any atom is -0.480 e. The van der Waals surface area contributed by atoms with Crippen molar-refractivity contribution in [2.45, 2.75) is 11.8 Å². The van der Waals surface area contributed by atoms with E-state index in [4.69, 9.17) is 10.8 Å². The lowest BCUT2D eigenvalue weighted by molar-refractivity contribution is -0.137. The Balaban J connectivity index is 3.15. The summed E-state index contributed by atoms with van der Waals surface area (Å²) in [7, 11) is -4.12. The maximum Gasteiger partial charge on any atom is 0.318 e. The molecule has 9 nitrogen and oxygen atoms in total. The van der Waals surface area contributed by atoms with Gasteiger partial charge in [0.2, 0.25) is 15.9 Å². The second-order valence-electron chi connectivity index (χ2n) is 3.49. The summed E-state index contributed by atoms with van der Waals surface area (Å²) in [4.78, 5) is 21.2. The number of carboxylic acid groups (broad SMARTS) is 1. The topological polar surface area (TPSA) is 146 Å². The van der Waals surface area contributed by atoms with Gasteiger partial charge in [0, 0.05) is 0 Å². The molecule has 0 aromatic carbocycles. The van der Waals surface area contributed by atoms with Crippen molar-refractivity contribution in [2.75, 3.05) is 13.1 Å². The van der Waals surface area contributed by atoms with Crippen molar-refractivity contribution in [3.8, 4) is 0 Å². The molecule has 0 aliphatic rings. The fourth-order valence-electron chi connectivity index (χ4n) is 1.29. The zero-order chi connectivity index (χ0) is 13.9. The number of rotatable bonds is 6. The maximum atomic E-state index is 12.1. The molecule has 10 heteroatoms. The van der Waals surface area contributed by atoms with Gasteiger partial charge in [-0.15, -0.1) is 0 Å². The zero-order valence-corrected chi connectivity index (χ0v) is 10.3. The monoisotopic (exact) mass is 276 g/mol. The van der Waals surface area contributed by atoms with E-state index in [-0.39, 0.29) is 10.6 Å². The van der Waals surface area contributed by atoms with Gasteiger partial charge in [0.05, 0.1) is 18.4 Å². The Kier molecular flexibility index (Phi) is 4.03. The van der Waals surface area contributed by atoms with Gasteiger partial charge in [-0.05, 0) is 6.92 Å². The fraction of sp³-hybridized carbons (Fsp3) is 0.375. The number of aromatic nitrogens is 2. The maximum absolute atomic E-state index is 12.1. The number of primary amides is 1. The van der Waals surface area contributed by atoms with Crippen LogP contribution < -0.4 is 5.73 Å². The number of hydrogen-bond acceptors (Lipinski definition) is 5. The number of aliphatic carboxylic acids is 1. The number of hydrogen-bond donors (Lipinski definition) is 3. The molecule has 0 aliphatic heterocycles. The van der Waals surface area contributed by atoms with E-state index < -0.39 is 35.0 Å². The standard InChI is InChI=1S/C8H12N4O5S/c1-5-6(2-10-11-5)18(16,17)12(3-7(9)13)4-8(14)15/h2H,3-4H2,1H3,(H2,9,13)(H,10,11)(H,14,15). The summed E-state index contributed by atoms with van der Waals surface area (Å²) in [5.41, 5.74) is 5.14. The van der Waals surface area contributed by atoms with Crippen molar-refractivity contribution in [1.82, 2.24) is 14.5 Å². The molecule has 1 aromatic heterocycles. The van der Waals surface area contributed by atoms with Crippen LogP contribution in [0.1, 0.15) is 5.69 Å². The quantitative estimate of drug-likeness (QED) is 0.563. The Morgan fingerprint density at radius 1 is 1.50 bits per heavy atom. The number of H-pyrrole nitrogens is 1. The first kappa shape index (κ1) is 14.1. The smallest absolute Gasteiger partial charge is 0.318 e. The van der Waals surface area contributed by atoms with Gasteiger partial charge < -0.3 is 10.8 Å². The predicted molar refractivity (Wildman–Crippen MR) is 58.9 cm³/mol. The third-order valence-corrected chi connectivity index (χ3v) is 3.95. The minimum absolute atomic E-state index is 0.190. The summed E-state index contributed by atoms with van der Waals surface area (Å²) in [5.74, 6) is -2.33. The van der Waals surface area contributed by atoms with Crippen molar-refractivity contribution in [3.63, 3.8) is 0 Å². The van der Waals surface area contributed by atoms with Crippen LogP contribution in [0, 0.1) is 6.92 Å². The number of carbonyl (C=O) groups excluding carboxylic acids is 1. The molecular formula is C8H12N4O5S. The van der Waals surface area contributed by atoms with Crippen molar-refractivity contribution in [3.05, 3.63) is 11.9 Å². The highest BCUT2D eigenvalue weighted by molar-refractivity contribution is 7.89. The van der Waals surface area contributed by atoms with Crippen molar-refractivity contribution < 1.29 is 23.1 Å². The van der Waals surface area contributed by atoms with Crippen LogP contribution in [-0.4, -0.2) is 53.0 Å². The Bertz CT molecular complexity index is 548. The molecular weight excluding hydrogens is 264 g/mol. The minimum atomic E-state index is -4.12. The van der Waals surface area contributed by atoms with Crippen LogP contribution in [0.5, 0.6) is 0 Å². The number of aryl methyl sites for hydroxylation is 1. The van der Waals surface area contributed by atoms with Gasteiger partial charge in [0.15, 0.2) is 0 Å². The van der Waals surface area contributed by atoms with Gasteiger partial charge in [0.1, 0.15) is 11.4 Å². The summed E-state index contributed by atoms with van der Waals surface area (Å²) in [6.45, 7) is -0.0990. The second kappa shape index (κ2) is 5.14. The molecule has 100 valence electrons. The highest BCUT2D eigenvalue weighted by Gasteiger charge is 2.30. The Morgan fingerprint density at radius 3 is 2.50 bits per heavy atom. The van der Waals surface area contributed by atoms with Crippen LogP contribution in [0.15, 0.2) is 11.1 Å². The average Bonchev–Trinajstić information content (AvgIpc) is 2.62. The molecule has 0 fully saturated rings. The molecule has 0 saturated heterocycles. The third-order valence-electron chi connectivity index (χ3n) is 2.05. The van der Waals surface area contributed by atoms with Crippen molar-refractivity contribution in [2.24, 2.45) is 5.73 Å². The molecule has 4 N–H and O–H groups in total. The van der Waals surface area contributed by atoms with Crippen LogP contribution >= 0.6 is 0 Å². The Hall–Kier alpha value is -1.94. The molecule has 1 heterocycles. The van der Waals surface area contributed by atoms with E-state index in [9.17, 15) is 18.0 Å². The molecule has 0 aliphatic carbocycles. The first-order valence-electron chi connectivity index (χ1n) is 4.75. The van der Waals surface area contributed by atoms with Gasteiger partial charge in [-0.25, -0.2) is 8.42 Å². The fourth-order valence-corrected chi connectivity index (χ4v) is 2.76. The summed E-state index contributed by atoms with van der Waals surface area (Å²) in [5, 5.41) is 14.6. The summed E-state index contributed by atoms with van der Waals surface area (Å²) < 4.78 is 24.6. The highest BCUT2D eigenvalue weighted by Crippen LogP contribution is 2.17. The van der Waals surface area contributed by atoms with Gasteiger partial charge in [-0.1, -0.05) is 0 Å². The lowest BCUT2D eigenvalue weighted by Gasteiger charge is -2.17. The summed E-state index contributed by atoms with van der Waals surface area (Å²) in [6, 6.07) is 0. The SMILES string of the molecule is Cc1[nH]ncc1S(=O)(=O)N(CC(N)=O)CC(=O)O. The summed E-state index contributed by atoms with van der Waals surface area (Å²) in [6.07, 6.45) is 1.04. The zero-order valence-electron chi connectivity index (χ0n) is 9.45. The van der Waals surface area contributed by atoms with Crippen molar-refractivity contribution in [1.29, 1.82) is 0 Å². The number of nitrogens with one attached hydrogen (secondary N) is 1. The number of carboxylic acids is 1. The predicted octanol–water partition coefficient (Wildman–Crippen LogP) is -1.72. The molecule has 1 rings (SSSR count). The van der Waals surface area contributed by atoms with Gasteiger partial charge in [0.25, 0.3) is 0 Å². The summed E-state index contributed by atoms with van der Waals surface area (Å²) >= 11 is 0. The molecule has 0 unspecified atom stereocenters. The number of aromatic amines is 1. The van der Waals surface area contributed by atoms with Crippen LogP contribution in [0.25, 0.3) is 0 Å². The molecule has 18 heavy (non-hydrogen) atoms. The largest absolute Gasteiger partial charge is 0.480 e. The average molecular weight is 276 g/mol. The molecule has 0 atom stereocenters. The van der Waals surface area contributed by atoms with Crippen molar-refractivity contribution >= 4 is 21.9 Å². The molecule has 1 amide bonds. The lowest BCUT2D eigenvalue weighted by Crippen LogP contribution is -2.41. The van der Waals surface area contributed by atoms with E-state index in [1.807, 2.05) is 0 Å². The van der Waals surface area contributed by atoms with Gasteiger partial charge in [-0.3, -0.25) is 14.7 Å². The van der Waals surface area contributed by atoms with Crippen LogP contribution in [-0.2, 0) is 19.6 Å². The van der Waals surface area contributed by atoms with Crippen LogP contribution in [0.2, 0.25) is 0 Å². The first-order chi connectivity index (χ1) is 8.25. The number of nitrogens with two attached hydrogens (primary N) is 1. The van der Waals surface area contributed by atoms with E-state index >= 15 is 0 Å². The normalized spacial score (nSPS) is 11.7. The van der Waals surface area contributed by atoms with E-state index in [2.05, 4.69) is 10.2 Å². The number of amides is 1. The molecule has 0 saturated carbocycles. The van der Waals surface area contributed by atoms with Gasteiger partial charge >= 0.3 is 5.97 Å². The second-order valence-corrected chi connectivity index (χ2v) is 5.40. The molecule has 0 bridgehead atoms. The first-order valence-corrected chi connectivity index (χ1v) is 6.19. The van der Waals surface area contributed by atoms with Gasteiger partial charge in [-0.2, -0.15) is 9.40 Å². The number of nitrogens with zero attached hydrogens (tertiary/aromatic N) is 2. The van der Waals surface area contributed by atoms with E-state index in [1.54, 1.807) is 0 Å². The molecule has 0 radical (unpaired) electrons. The number of sulfonamides is 1. The van der Waals surface area contributed by atoms with E-state index in [0.29, 0.717) is 4.31 Å².